The van der Waals surface area contributed by atoms with Crippen LogP contribution in [-0.2, 0) is 16.8 Å². The van der Waals surface area contributed by atoms with E-state index in [9.17, 15) is 8.42 Å². The van der Waals surface area contributed by atoms with Crippen molar-refractivity contribution >= 4 is 33.1 Å². The van der Waals surface area contributed by atoms with E-state index in [-0.39, 0.29) is 18.2 Å². The predicted molar refractivity (Wildman–Crippen MR) is 101 cm³/mol. The average Bonchev–Trinajstić information content (AvgIpc) is 3.27. The van der Waals surface area contributed by atoms with Crippen molar-refractivity contribution in [1.82, 2.24) is 25.0 Å². The third-order valence-electron chi connectivity index (χ3n) is 4.01. The van der Waals surface area contributed by atoms with Crippen LogP contribution in [0.25, 0.3) is 22.6 Å². The fraction of sp³-hybridized carbons (Fsp3) is 0.125. The quantitative estimate of drug-likeness (QED) is 0.422. The Kier molecular flexibility index (Phi) is 4.20. The Morgan fingerprint density at radius 2 is 2.11 bits per heavy atom. The number of nitrogen functional groups attached to an aromatic ring is 1. The predicted octanol–water partition coefficient (Wildman–Crippen LogP) is 1.63. The van der Waals surface area contributed by atoms with Crippen LogP contribution < -0.4 is 10.5 Å². The Morgan fingerprint density at radius 3 is 2.82 bits per heavy atom. The second kappa shape index (κ2) is 6.58. The highest BCUT2D eigenvalue weighted by Gasteiger charge is 2.17. The van der Waals surface area contributed by atoms with Gasteiger partial charge >= 0.3 is 10.3 Å². The molecule has 4 rings (SSSR count). The fourth-order valence-electron chi connectivity index (χ4n) is 2.75. The van der Waals surface area contributed by atoms with Crippen molar-refractivity contribution in [3.63, 3.8) is 0 Å². The van der Waals surface area contributed by atoms with Gasteiger partial charge in [-0.2, -0.15) is 13.4 Å². The number of nitrogens with two attached hydrogens (primary N) is 1. The first kappa shape index (κ1) is 17.9. The molecule has 0 spiro atoms. The normalized spacial score (nSPS) is 11.8. The van der Waals surface area contributed by atoms with Gasteiger partial charge in [0.2, 0.25) is 5.95 Å². The lowest BCUT2D eigenvalue weighted by Gasteiger charge is -2.09. The molecule has 3 heterocycles. The maximum Gasteiger partial charge on any atom is 0.357 e. The summed E-state index contributed by atoms with van der Waals surface area (Å²) in [7, 11) is -4.38. The summed E-state index contributed by atoms with van der Waals surface area (Å²) in [5.74, 6) is 0.529. The Balaban J connectivity index is 1.74. The molecule has 0 unspecified atom stereocenters. The van der Waals surface area contributed by atoms with Crippen LogP contribution in [0.15, 0.2) is 41.0 Å². The van der Waals surface area contributed by atoms with Crippen LogP contribution in [-0.4, -0.2) is 37.9 Å². The summed E-state index contributed by atoms with van der Waals surface area (Å²) in [6.07, 6.45) is 1.51. The summed E-state index contributed by atoms with van der Waals surface area (Å²) in [6.45, 7) is 1.96. The van der Waals surface area contributed by atoms with Gasteiger partial charge in [0.1, 0.15) is 5.69 Å². The van der Waals surface area contributed by atoms with Gasteiger partial charge in [0.05, 0.1) is 18.5 Å². The summed E-state index contributed by atoms with van der Waals surface area (Å²) in [5.41, 5.74) is 8.70. The van der Waals surface area contributed by atoms with Crippen molar-refractivity contribution in [2.45, 2.75) is 13.5 Å². The summed E-state index contributed by atoms with van der Waals surface area (Å²) in [4.78, 5) is 8.40. The molecule has 0 atom stereocenters. The van der Waals surface area contributed by atoms with Crippen LogP contribution in [0.1, 0.15) is 11.1 Å². The number of hydrogen-bond donors (Lipinski definition) is 3. The van der Waals surface area contributed by atoms with Crippen LogP contribution in [0.2, 0.25) is 0 Å². The molecule has 0 saturated carbocycles. The van der Waals surface area contributed by atoms with Gasteiger partial charge in [0, 0.05) is 0 Å². The summed E-state index contributed by atoms with van der Waals surface area (Å²) >= 11 is 0. The van der Waals surface area contributed by atoms with Crippen molar-refractivity contribution in [3.8, 4) is 11.5 Å². The van der Waals surface area contributed by atoms with Gasteiger partial charge in [-0.15, -0.1) is 5.10 Å². The van der Waals surface area contributed by atoms with Crippen molar-refractivity contribution in [3.05, 3.63) is 47.7 Å². The zero-order valence-corrected chi connectivity index (χ0v) is 15.4. The van der Waals surface area contributed by atoms with Gasteiger partial charge in [-0.05, 0) is 36.2 Å². The highest BCUT2D eigenvalue weighted by molar-refractivity contribution is 7.87. The number of nitrogens with one attached hydrogen (secondary N) is 1. The minimum absolute atomic E-state index is 0.0417. The molecule has 1 aromatic carbocycles. The topological polar surface area (TPSA) is 162 Å². The molecule has 11 nitrogen and oxygen atoms in total. The molecular weight excluding hydrogens is 386 g/mol. The first-order chi connectivity index (χ1) is 13.3. The van der Waals surface area contributed by atoms with Crippen LogP contribution >= 0.6 is 0 Å². The Hall–Kier alpha value is -3.51. The van der Waals surface area contributed by atoms with E-state index in [1.165, 1.54) is 10.9 Å². The molecule has 0 aliphatic carbocycles. The molecule has 0 aliphatic heterocycles. The second-order valence-electron chi connectivity index (χ2n) is 6.05. The largest absolute Gasteiger partial charge is 0.463 e. The van der Waals surface area contributed by atoms with Gasteiger partial charge in [-0.1, -0.05) is 17.3 Å². The van der Waals surface area contributed by atoms with E-state index < -0.39 is 10.3 Å². The first-order valence-corrected chi connectivity index (χ1v) is 9.49. The third-order valence-corrected chi connectivity index (χ3v) is 4.49. The van der Waals surface area contributed by atoms with Crippen LogP contribution in [0, 0.1) is 6.92 Å². The van der Waals surface area contributed by atoms with Gasteiger partial charge in [0.25, 0.3) is 0 Å². The molecular formula is C16H15N7O4S. The minimum Gasteiger partial charge on any atom is -0.463 e. The lowest BCUT2D eigenvalue weighted by atomic mass is 10.1. The van der Waals surface area contributed by atoms with Crippen LogP contribution in [0.3, 0.4) is 0 Å². The van der Waals surface area contributed by atoms with Crippen molar-refractivity contribution in [2.75, 3.05) is 10.5 Å². The minimum atomic E-state index is -4.38. The van der Waals surface area contributed by atoms with E-state index in [1.54, 1.807) is 37.3 Å². The zero-order chi connectivity index (χ0) is 19.9. The summed E-state index contributed by atoms with van der Waals surface area (Å²) in [6, 6.07) is 8.57. The van der Waals surface area contributed by atoms with E-state index in [1.807, 2.05) is 0 Å². The van der Waals surface area contributed by atoms with E-state index in [2.05, 4.69) is 25.0 Å². The van der Waals surface area contributed by atoms with Crippen molar-refractivity contribution in [1.29, 1.82) is 0 Å². The molecule has 0 fully saturated rings. The highest BCUT2D eigenvalue weighted by Crippen LogP contribution is 2.26. The van der Waals surface area contributed by atoms with Gasteiger partial charge < -0.3 is 10.2 Å². The van der Waals surface area contributed by atoms with Crippen molar-refractivity contribution in [2.24, 2.45) is 0 Å². The number of rotatable bonds is 5. The van der Waals surface area contributed by atoms with E-state index in [0.717, 1.165) is 0 Å². The van der Waals surface area contributed by atoms with Crippen LogP contribution in [0.4, 0.5) is 11.6 Å². The molecule has 4 aromatic rings. The van der Waals surface area contributed by atoms with Gasteiger partial charge in [-0.25, -0.2) is 9.67 Å². The maximum atomic E-state index is 11.1. The van der Waals surface area contributed by atoms with E-state index in [4.69, 9.17) is 14.7 Å². The van der Waals surface area contributed by atoms with Gasteiger partial charge in [0.15, 0.2) is 16.9 Å². The molecule has 0 bridgehead atoms. The molecule has 28 heavy (non-hydrogen) atoms. The molecule has 144 valence electrons. The molecule has 0 amide bonds. The smallest absolute Gasteiger partial charge is 0.357 e. The van der Waals surface area contributed by atoms with E-state index >= 15 is 0 Å². The fourth-order valence-corrected chi connectivity index (χ4v) is 3.25. The third kappa shape index (κ3) is 3.50. The number of furan rings is 1. The second-order valence-corrected chi connectivity index (χ2v) is 7.21. The van der Waals surface area contributed by atoms with Crippen LogP contribution in [0.5, 0.6) is 0 Å². The molecule has 3 aromatic heterocycles. The Bertz CT molecular complexity index is 1270. The molecule has 0 aliphatic rings. The number of anilines is 2. The molecule has 0 radical (unpaired) electrons. The number of hydrogen-bond acceptors (Lipinski definition) is 8. The highest BCUT2D eigenvalue weighted by atomic mass is 32.2. The monoisotopic (exact) mass is 401 g/mol. The lowest BCUT2D eigenvalue weighted by Crippen LogP contribution is -2.12. The average molecular weight is 401 g/mol. The molecule has 12 heteroatoms. The summed E-state index contributed by atoms with van der Waals surface area (Å²) in [5, 5.41) is 8.24. The molecule has 4 N–H and O–H groups in total. The number of aryl methyl sites for hydroxylation is 1. The Morgan fingerprint density at radius 1 is 1.29 bits per heavy atom. The number of fused-ring (bicyclic) bond motifs is 1. The number of nitrogens with zero attached hydrogens (tertiary/aromatic N) is 5. The standard InChI is InChI=1S/C16H15N7O4S/c1-9-4-5-10(7-11(9)21-28(24,25)26)8-23-15-14(20-22-23)13(18-16(17)19-15)12-3-2-6-27-12/h2-7,21H,8H2,1H3,(H2,17,18,19)(H,24,25,26). The van der Waals surface area contributed by atoms with Crippen molar-refractivity contribution < 1.29 is 17.4 Å². The lowest BCUT2D eigenvalue weighted by molar-refractivity contribution is 0.489. The van der Waals surface area contributed by atoms with E-state index in [0.29, 0.717) is 33.7 Å². The zero-order valence-electron chi connectivity index (χ0n) is 14.6. The number of aromatic nitrogens is 5. The molecule has 0 saturated heterocycles. The number of benzene rings is 1. The SMILES string of the molecule is Cc1ccc(Cn2nnc3c(-c4ccco4)nc(N)nc32)cc1NS(=O)(=O)O. The Labute approximate surface area is 159 Å². The maximum absolute atomic E-state index is 11.1. The summed E-state index contributed by atoms with van der Waals surface area (Å²) < 4.78 is 40.2. The first-order valence-electron chi connectivity index (χ1n) is 8.05. The van der Waals surface area contributed by atoms with Gasteiger partial charge in [-0.3, -0.25) is 9.27 Å².